The van der Waals surface area contributed by atoms with Crippen LogP contribution >= 0.6 is 11.3 Å². The smallest absolute Gasteiger partial charge is 0.274 e. The summed E-state index contributed by atoms with van der Waals surface area (Å²) in [6.45, 7) is 0. The second kappa shape index (κ2) is 6.13. The van der Waals surface area contributed by atoms with Crippen molar-refractivity contribution in [3.05, 3.63) is 47.3 Å². The van der Waals surface area contributed by atoms with Crippen LogP contribution in [0.2, 0.25) is 0 Å². The SMILES string of the molecule is CS(=O)(=O)c1ccsc1NC(=O)C1=NOC(c2ccccc2)C1. The molecule has 0 saturated heterocycles. The highest BCUT2D eigenvalue weighted by Crippen LogP contribution is 2.30. The van der Waals surface area contributed by atoms with Gasteiger partial charge in [-0.05, 0) is 17.0 Å². The topological polar surface area (TPSA) is 84.8 Å². The van der Waals surface area contributed by atoms with Gasteiger partial charge in [-0.15, -0.1) is 11.3 Å². The summed E-state index contributed by atoms with van der Waals surface area (Å²) in [5.74, 6) is -0.448. The van der Waals surface area contributed by atoms with Gasteiger partial charge in [-0.2, -0.15) is 0 Å². The van der Waals surface area contributed by atoms with Crippen molar-refractivity contribution in [3.63, 3.8) is 0 Å². The number of amides is 1. The van der Waals surface area contributed by atoms with Gasteiger partial charge in [0.05, 0.1) is 0 Å². The molecule has 1 aliphatic heterocycles. The summed E-state index contributed by atoms with van der Waals surface area (Å²) >= 11 is 1.15. The molecule has 1 aromatic heterocycles. The maximum absolute atomic E-state index is 12.3. The molecule has 0 bridgehead atoms. The zero-order valence-corrected chi connectivity index (χ0v) is 13.9. The minimum atomic E-state index is -3.39. The van der Waals surface area contributed by atoms with Crippen LogP contribution in [0.25, 0.3) is 0 Å². The molecular formula is C15H14N2O4S2. The molecule has 1 amide bonds. The summed E-state index contributed by atoms with van der Waals surface area (Å²) in [7, 11) is -3.39. The molecular weight excluding hydrogens is 336 g/mol. The van der Waals surface area contributed by atoms with E-state index in [1.807, 2.05) is 30.3 Å². The maximum atomic E-state index is 12.3. The van der Waals surface area contributed by atoms with Crippen LogP contribution in [0.15, 0.2) is 51.8 Å². The Kier molecular flexibility index (Phi) is 4.18. The lowest BCUT2D eigenvalue weighted by atomic mass is 10.0. The average molecular weight is 350 g/mol. The van der Waals surface area contributed by atoms with Crippen LogP contribution in [0, 0.1) is 0 Å². The van der Waals surface area contributed by atoms with Crippen LogP contribution in [-0.4, -0.2) is 26.3 Å². The Labute approximate surface area is 137 Å². The van der Waals surface area contributed by atoms with Gasteiger partial charge in [-0.1, -0.05) is 35.5 Å². The predicted octanol–water partition coefficient (Wildman–Crippen LogP) is 2.61. The fourth-order valence-electron chi connectivity index (χ4n) is 2.21. The first-order valence-corrected chi connectivity index (χ1v) is 9.59. The summed E-state index contributed by atoms with van der Waals surface area (Å²) in [6, 6.07) is 11.0. The summed E-state index contributed by atoms with van der Waals surface area (Å²) in [4.78, 5) is 17.7. The van der Waals surface area contributed by atoms with Crippen molar-refractivity contribution in [1.29, 1.82) is 0 Å². The van der Waals surface area contributed by atoms with Crippen molar-refractivity contribution in [3.8, 4) is 0 Å². The summed E-state index contributed by atoms with van der Waals surface area (Å²) in [5, 5.41) is 8.34. The minimum absolute atomic E-state index is 0.106. The molecule has 1 aromatic carbocycles. The number of oxime groups is 1. The number of carbonyl (C=O) groups is 1. The van der Waals surface area contributed by atoms with Crippen molar-refractivity contribution >= 4 is 37.8 Å². The highest BCUT2D eigenvalue weighted by molar-refractivity contribution is 7.91. The zero-order chi connectivity index (χ0) is 16.4. The van der Waals surface area contributed by atoms with E-state index in [9.17, 15) is 13.2 Å². The zero-order valence-electron chi connectivity index (χ0n) is 12.2. The Morgan fingerprint density at radius 2 is 2.04 bits per heavy atom. The Bertz CT molecular complexity index is 857. The third-order valence-electron chi connectivity index (χ3n) is 3.36. The molecule has 3 rings (SSSR count). The molecule has 0 aliphatic carbocycles. The van der Waals surface area contributed by atoms with Crippen molar-refractivity contribution in [2.75, 3.05) is 11.6 Å². The van der Waals surface area contributed by atoms with Gasteiger partial charge in [0.1, 0.15) is 15.6 Å². The lowest BCUT2D eigenvalue weighted by Crippen LogP contribution is -2.22. The van der Waals surface area contributed by atoms with Crippen LogP contribution in [0.4, 0.5) is 5.00 Å². The van der Waals surface area contributed by atoms with E-state index in [0.717, 1.165) is 23.2 Å². The molecule has 2 aromatic rings. The monoisotopic (exact) mass is 350 g/mol. The van der Waals surface area contributed by atoms with Crippen LogP contribution in [0.3, 0.4) is 0 Å². The first-order chi connectivity index (χ1) is 10.9. The van der Waals surface area contributed by atoms with E-state index in [-0.39, 0.29) is 16.7 Å². The highest BCUT2D eigenvalue weighted by Gasteiger charge is 2.28. The molecule has 1 atom stereocenters. The van der Waals surface area contributed by atoms with E-state index < -0.39 is 15.7 Å². The lowest BCUT2D eigenvalue weighted by Gasteiger charge is -2.07. The molecule has 0 saturated carbocycles. The van der Waals surface area contributed by atoms with E-state index in [1.54, 1.807) is 5.38 Å². The van der Waals surface area contributed by atoms with Crippen LogP contribution in [0.5, 0.6) is 0 Å². The Morgan fingerprint density at radius 3 is 2.74 bits per heavy atom. The number of sulfone groups is 1. The third-order valence-corrected chi connectivity index (χ3v) is 5.46. The van der Waals surface area contributed by atoms with E-state index in [4.69, 9.17) is 4.84 Å². The molecule has 2 heterocycles. The number of anilines is 1. The molecule has 1 aliphatic rings. The van der Waals surface area contributed by atoms with Gasteiger partial charge in [-0.3, -0.25) is 4.79 Å². The van der Waals surface area contributed by atoms with Crippen LogP contribution < -0.4 is 5.32 Å². The van der Waals surface area contributed by atoms with Gasteiger partial charge in [0, 0.05) is 12.7 Å². The minimum Gasteiger partial charge on any atom is -0.387 e. The first-order valence-electron chi connectivity index (χ1n) is 6.81. The highest BCUT2D eigenvalue weighted by atomic mass is 32.2. The number of thiophene rings is 1. The summed E-state index contributed by atoms with van der Waals surface area (Å²) in [6.07, 6.45) is 1.15. The lowest BCUT2D eigenvalue weighted by molar-refractivity contribution is -0.110. The number of nitrogens with one attached hydrogen (secondary N) is 1. The van der Waals surface area contributed by atoms with Gasteiger partial charge in [-0.25, -0.2) is 8.42 Å². The normalized spacial score (nSPS) is 17.4. The number of rotatable bonds is 4. The van der Waals surface area contributed by atoms with Gasteiger partial charge in [0.25, 0.3) is 5.91 Å². The van der Waals surface area contributed by atoms with Crippen molar-refractivity contribution in [2.45, 2.75) is 17.4 Å². The number of carbonyl (C=O) groups excluding carboxylic acids is 1. The fourth-order valence-corrected chi connectivity index (χ4v) is 4.28. The number of hydrogen-bond acceptors (Lipinski definition) is 6. The molecule has 8 heteroatoms. The summed E-state index contributed by atoms with van der Waals surface area (Å²) in [5.41, 5.74) is 1.18. The van der Waals surface area contributed by atoms with Crippen molar-refractivity contribution in [2.24, 2.45) is 5.16 Å². The Morgan fingerprint density at radius 1 is 1.30 bits per heavy atom. The van der Waals surface area contributed by atoms with E-state index in [2.05, 4.69) is 10.5 Å². The average Bonchev–Trinajstić information content (AvgIpc) is 3.16. The van der Waals surface area contributed by atoms with Crippen LogP contribution in [-0.2, 0) is 19.5 Å². The largest absolute Gasteiger partial charge is 0.387 e. The Balaban J connectivity index is 1.70. The number of benzene rings is 1. The van der Waals surface area contributed by atoms with Gasteiger partial charge >= 0.3 is 0 Å². The number of hydrogen-bond donors (Lipinski definition) is 1. The van der Waals surface area contributed by atoms with E-state index >= 15 is 0 Å². The second-order valence-electron chi connectivity index (χ2n) is 5.09. The van der Waals surface area contributed by atoms with Gasteiger partial charge < -0.3 is 10.2 Å². The van der Waals surface area contributed by atoms with Crippen LogP contribution in [0.1, 0.15) is 18.1 Å². The Hall–Kier alpha value is -2.19. The molecule has 23 heavy (non-hydrogen) atoms. The second-order valence-corrected chi connectivity index (χ2v) is 7.99. The van der Waals surface area contributed by atoms with Gasteiger partial charge in [0.2, 0.25) is 0 Å². The molecule has 1 N–H and O–H groups in total. The first kappa shape index (κ1) is 15.7. The third kappa shape index (κ3) is 3.43. The van der Waals surface area contributed by atoms with E-state index in [1.165, 1.54) is 6.07 Å². The quantitative estimate of drug-likeness (QED) is 0.918. The van der Waals surface area contributed by atoms with Crippen molar-refractivity contribution < 1.29 is 18.0 Å². The maximum Gasteiger partial charge on any atom is 0.274 e. The fraction of sp³-hybridized carbons (Fsp3) is 0.200. The number of nitrogens with zero attached hydrogens (tertiary/aromatic N) is 1. The molecule has 0 radical (unpaired) electrons. The molecule has 120 valence electrons. The predicted molar refractivity (Wildman–Crippen MR) is 88.4 cm³/mol. The standard InChI is InChI=1S/C15H14N2O4S2/c1-23(19,20)13-7-8-22-15(13)16-14(18)11-9-12(21-17-11)10-5-3-2-4-6-10/h2-8,12H,9H2,1H3,(H,16,18). The van der Waals surface area contributed by atoms with Gasteiger partial charge in [0.15, 0.2) is 15.9 Å². The molecule has 1 unspecified atom stereocenters. The molecule has 0 spiro atoms. The molecule has 6 nitrogen and oxygen atoms in total. The van der Waals surface area contributed by atoms with E-state index in [0.29, 0.717) is 11.4 Å². The molecule has 0 fully saturated rings. The van der Waals surface area contributed by atoms with Crippen molar-refractivity contribution in [1.82, 2.24) is 0 Å². The summed E-state index contributed by atoms with van der Waals surface area (Å²) < 4.78 is 23.3.